The van der Waals surface area contributed by atoms with Crippen molar-refractivity contribution in [2.45, 2.75) is 32.9 Å². The lowest BCUT2D eigenvalue weighted by atomic mass is 10.1. The smallest absolute Gasteiger partial charge is 0.258 e. The van der Waals surface area contributed by atoms with Gasteiger partial charge in [0.05, 0.1) is 22.6 Å². The molecule has 0 aliphatic carbocycles. The molecule has 170 valence electrons. The third-order valence-electron chi connectivity index (χ3n) is 5.74. The summed E-state index contributed by atoms with van der Waals surface area (Å²) in [5, 5.41) is 6.40. The standard InChI is InChI=1S/C23H23ClFN7O/c1-12-9-31(10-13(2)28-12)18-5-4-15(19-20(18)27-7-6-26-19)23(33)30-17-8-16(25)22-29-14(3)11-32(22)21(17)24/h4-8,11-13,28H,9-10H2,1-3H3,(H,30,33)/t12-,13+. The van der Waals surface area contributed by atoms with Crippen LogP contribution < -0.4 is 15.5 Å². The highest BCUT2D eigenvalue weighted by Gasteiger charge is 2.25. The Morgan fingerprint density at radius 3 is 2.61 bits per heavy atom. The highest BCUT2D eigenvalue weighted by Crippen LogP contribution is 2.30. The largest absolute Gasteiger partial charge is 0.367 e. The Hall–Kier alpha value is -3.30. The molecule has 8 nitrogen and oxygen atoms in total. The Morgan fingerprint density at radius 1 is 1.18 bits per heavy atom. The molecule has 33 heavy (non-hydrogen) atoms. The summed E-state index contributed by atoms with van der Waals surface area (Å²) in [7, 11) is 0. The molecule has 0 bridgehead atoms. The number of imidazole rings is 1. The number of anilines is 2. The van der Waals surface area contributed by atoms with Crippen LogP contribution in [0.3, 0.4) is 0 Å². The SMILES string of the molecule is Cc1cn2c(Cl)c(NC(=O)c3ccc(N4C[C@@H](C)N[C@@H](C)C4)c4nccnc34)cc(F)c2n1. The van der Waals surface area contributed by atoms with Gasteiger partial charge >= 0.3 is 0 Å². The van der Waals surface area contributed by atoms with Gasteiger partial charge in [0.25, 0.3) is 5.91 Å². The number of aryl methyl sites for hydroxylation is 1. The molecule has 4 heterocycles. The molecule has 1 fully saturated rings. The second-order valence-corrected chi connectivity index (χ2v) is 8.84. The maximum atomic E-state index is 14.5. The summed E-state index contributed by atoms with van der Waals surface area (Å²) in [6.45, 7) is 7.66. The molecule has 4 aromatic rings. The number of benzene rings is 1. The summed E-state index contributed by atoms with van der Waals surface area (Å²) < 4.78 is 16.0. The van der Waals surface area contributed by atoms with Crippen LogP contribution in [0.2, 0.25) is 5.15 Å². The third-order valence-corrected chi connectivity index (χ3v) is 6.13. The molecule has 2 N–H and O–H groups in total. The molecule has 3 aromatic heterocycles. The molecular weight excluding hydrogens is 445 g/mol. The lowest BCUT2D eigenvalue weighted by Crippen LogP contribution is -2.54. The highest BCUT2D eigenvalue weighted by atomic mass is 35.5. The van der Waals surface area contributed by atoms with Crippen LogP contribution in [0.15, 0.2) is 36.8 Å². The first kappa shape index (κ1) is 21.5. The molecule has 10 heteroatoms. The number of nitrogens with zero attached hydrogens (tertiary/aromatic N) is 5. The van der Waals surface area contributed by atoms with Crippen molar-refractivity contribution in [3.8, 4) is 0 Å². The maximum absolute atomic E-state index is 14.5. The first-order valence-electron chi connectivity index (χ1n) is 10.7. The minimum Gasteiger partial charge on any atom is -0.367 e. The second kappa shape index (κ2) is 8.24. The van der Waals surface area contributed by atoms with Gasteiger partial charge in [-0.2, -0.15) is 0 Å². The molecule has 0 saturated carbocycles. The molecular formula is C23H23ClFN7O. The Labute approximate surface area is 194 Å². The molecule has 1 saturated heterocycles. The number of aromatic nitrogens is 4. The van der Waals surface area contributed by atoms with E-state index < -0.39 is 11.7 Å². The van der Waals surface area contributed by atoms with Crippen molar-refractivity contribution in [3.63, 3.8) is 0 Å². The van der Waals surface area contributed by atoms with Gasteiger partial charge in [-0.1, -0.05) is 11.6 Å². The maximum Gasteiger partial charge on any atom is 0.258 e. The van der Waals surface area contributed by atoms with Crippen LogP contribution in [0.1, 0.15) is 29.9 Å². The predicted octanol–water partition coefficient (Wildman–Crippen LogP) is 3.82. The van der Waals surface area contributed by atoms with Gasteiger partial charge < -0.3 is 15.5 Å². The van der Waals surface area contributed by atoms with Crippen molar-refractivity contribution in [1.29, 1.82) is 0 Å². The molecule has 1 amide bonds. The fraction of sp³-hybridized carbons (Fsp3) is 0.304. The van der Waals surface area contributed by atoms with Gasteiger partial charge in [-0.3, -0.25) is 19.2 Å². The van der Waals surface area contributed by atoms with Crippen molar-refractivity contribution < 1.29 is 9.18 Å². The van der Waals surface area contributed by atoms with Crippen LogP contribution in [-0.4, -0.2) is 50.4 Å². The summed E-state index contributed by atoms with van der Waals surface area (Å²) in [6, 6.07) is 5.43. The molecule has 1 aromatic carbocycles. The fourth-order valence-electron chi connectivity index (χ4n) is 4.48. The third kappa shape index (κ3) is 3.87. The zero-order valence-corrected chi connectivity index (χ0v) is 19.2. The number of pyridine rings is 1. The average Bonchev–Trinajstić information content (AvgIpc) is 3.18. The number of carbonyl (C=O) groups is 1. The molecule has 2 atom stereocenters. The molecule has 5 rings (SSSR count). The van der Waals surface area contributed by atoms with Gasteiger partial charge in [0, 0.05) is 49.8 Å². The monoisotopic (exact) mass is 467 g/mol. The van der Waals surface area contributed by atoms with E-state index in [2.05, 4.69) is 44.3 Å². The summed E-state index contributed by atoms with van der Waals surface area (Å²) in [5.74, 6) is -1.03. The number of carbonyl (C=O) groups excluding carboxylic acids is 1. The van der Waals surface area contributed by atoms with Gasteiger partial charge in [0.15, 0.2) is 11.5 Å². The topological polar surface area (TPSA) is 87.5 Å². The second-order valence-electron chi connectivity index (χ2n) is 8.49. The number of hydrogen-bond donors (Lipinski definition) is 2. The Bertz CT molecular complexity index is 1380. The first-order chi connectivity index (χ1) is 15.8. The number of fused-ring (bicyclic) bond motifs is 2. The van der Waals surface area contributed by atoms with E-state index in [1.807, 2.05) is 6.07 Å². The summed E-state index contributed by atoms with van der Waals surface area (Å²) in [5.41, 5.74) is 3.25. The van der Waals surface area contributed by atoms with Crippen LogP contribution in [-0.2, 0) is 0 Å². The summed E-state index contributed by atoms with van der Waals surface area (Å²) in [4.78, 5) is 28.6. The van der Waals surface area contributed by atoms with Crippen molar-refractivity contribution in [2.75, 3.05) is 23.3 Å². The van der Waals surface area contributed by atoms with Gasteiger partial charge in [-0.25, -0.2) is 9.37 Å². The van der Waals surface area contributed by atoms with Crippen LogP contribution in [0.5, 0.6) is 0 Å². The zero-order valence-electron chi connectivity index (χ0n) is 18.4. The molecule has 0 radical (unpaired) electrons. The van der Waals surface area contributed by atoms with Crippen molar-refractivity contribution in [2.24, 2.45) is 0 Å². The predicted molar refractivity (Wildman–Crippen MR) is 127 cm³/mol. The van der Waals surface area contributed by atoms with E-state index >= 15 is 0 Å². The Kier molecular flexibility index (Phi) is 5.38. The van der Waals surface area contributed by atoms with E-state index in [1.54, 1.807) is 31.6 Å². The molecule has 0 unspecified atom stereocenters. The number of amides is 1. The van der Waals surface area contributed by atoms with E-state index in [-0.39, 0.29) is 16.5 Å². The summed E-state index contributed by atoms with van der Waals surface area (Å²) >= 11 is 6.43. The van der Waals surface area contributed by atoms with Crippen LogP contribution in [0.25, 0.3) is 16.7 Å². The molecule has 0 spiro atoms. The number of halogens is 2. The normalized spacial score (nSPS) is 18.8. The number of hydrogen-bond acceptors (Lipinski definition) is 6. The minimum absolute atomic E-state index is 0.107. The number of piperazine rings is 1. The van der Waals surface area contributed by atoms with Crippen molar-refractivity contribution in [3.05, 3.63) is 59.0 Å². The fourth-order valence-corrected chi connectivity index (χ4v) is 4.71. The quantitative estimate of drug-likeness (QED) is 0.445. The van der Waals surface area contributed by atoms with E-state index in [4.69, 9.17) is 11.6 Å². The van der Waals surface area contributed by atoms with Gasteiger partial charge in [0.1, 0.15) is 16.2 Å². The molecule has 1 aliphatic rings. The zero-order chi connectivity index (χ0) is 23.3. The summed E-state index contributed by atoms with van der Waals surface area (Å²) in [6.07, 6.45) is 4.78. The van der Waals surface area contributed by atoms with Crippen molar-refractivity contribution >= 4 is 45.6 Å². The van der Waals surface area contributed by atoms with E-state index in [0.717, 1.165) is 18.8 Å². The Morgan fingerprint density at radius 2 is 1.88 bits per heavy atom. The highest BCUT2D eigenvalue weighted by molar-refractivity contribution is 6.33. The number of rotatable bonds is 3. The van der Waals surface area contributed by atoms with Crippen LogP contribution >= 0.6 is 11.6 Å². The van der Waals surface area contributed by atoms with Crippen LogP contribution in [0.4, 0.5) is 15.8 Å². The number of nitrogens with one attached hydrogen (secondary N) is 2. The van der Waals surface area contributed by atoms with E-state index in [9.17, 15) is 9.18 Å². The Balaban J connectivity index is 1.53. The van der Waals surface area contributed by atoms with Gasteiger partial charge in [-0.05, 0) is 32.9 Å². The lowest BCUT2D eigenvalue weighted by Gasteiger charge is -2.38. The van der Waals surface area contributed by atoms with Gasteiger partial charge in [-0.15, -0.1) is 0 Å². The lowest BCUT2D eigenvalue weighted by molar-refractivity contribution is 0.102. The molecule has 1 aliphatic heterocycles. The van der Waals surface area contributed by atoms with E-state index in [1.165, 1.54) is 10.5 Å². The van der Waals surface area contributed by atoms with Crippen LogP contribution in [0, 0.1) is 12.7 Å². The van der Waals surface area contributed by atoms with Gasteiger partial charge in [0.2, 0.25) is 0 Å². The first-order valence-corrected chi connectivity index (χ1v) is 11.1. The van der Waals surface area contributed by atoms with E-state index in [0.29, 0.717) is 34.4 Å². The minimum atomic E-state index is -0.579. The average molecular weight is 468 g/mol. The van der Waals surface area contributed by atoms with Crippen molar-refractivity contribution in [1.82, 2.24) is 24.7 Å².